The van der Waals surface area contributed by atoms with Crippen molar-refractivity contribution in [1.82, 2.24) is 15.0 Å². The number of pyridine rings is 1. The fourth-order valence-corrected chi connectivity index (χ4v) is 5.03. The molecule has 0 amide bonds. The lowest BCUT2D eigenvalue weighted by Crippen LogP contribution is -2.29. The van der Waals surface area contributed by atoms with Crippen molar-refractivity contribution in [2.75, 3.05) is 29.4 Å². The van der Waals surface area contributed by atoms with Crippen molar-refractivity contribution < 1.29 is 31.1 Å². The lowest BCUT2D eigenvalue weighted by molar-refractivity contribution is -0.274. The van der Waals surface area contributed by atoms with Crippen LogP contribution >= 0.6 is 0 Å². The van der Waals surface area contributed by atoms with Crippen LogP contribution in [0.2, 0.25) is 0 Å². The second kappa shape index (κ2) is 9.95. The Labute approximate surface area is 215 Å². The summed E-state index contributed by atoms with van der Waals surface area (Å²) in [4.78, 5) is 17.2. The Bertz CT molecular complexity index is 1310. The zero-order chi connectivity index (χ0) is 27.1. The van der Waals surface area contributed by atoms with E-state index in [0.717, 1.165) is 31.5 Å². The molecule has 1 radical (unpaired) electrons. The lowest BCUT2D eigenvalue weighted by atomic mass is 10.0. The molecule has 1 fully saturated rings. The predicted octanol–water partition coefficient (Wildman–Crippen LogP) is 5.85. The molecule has 1 saturated heterocycles. The highest BCUT2D eigenvalue weighted by Crippen LogP contribution is 2.37. The number of hydrogen-bond donors (Lipinski definition) is 0. The molecule has 0 spiro atoms. The molecular formula is C26H24F6N5O. The van der Waals surface area contributed by atoms with E-state index in [1.165, 1.54) is 24.4 Å². The molecule has 12 heteroatoms. The van der Waals surface area contributed by atoms with E-state index in [1.54, 1.807) is 4.90 Å². The highest BCUT2D eigenvalue weighted by Gasteiger charge is 2.36. The number of benzene rings is 1. The first-order valence-electron chi connectivity index (χ1n) is 12.2. The average molecular weight is 536 g/mol. The third kappa shape index (κ3) is 5.48. The van der Waals surface area contributed by atoms with Crippen LogP contribution in [0.15, 0.2) is 36.5 Å². The zero-order valence-electron chi connectivity index (χ0n) is 20.4. The van der Waals surface area contributed by atoms with Gasteiger partial charge in [0.15, 0.2) is 0 Å². The number of fused-ring (bicyclic) bond motifs is 1. The van der Waals surface area contributed by atoms with Gasteiger partial charge in [0.1, 0.15) is 11.6 Å². The number of hydrogen-bond acceptors (Lipinski definition) is 6. The van der Waals surface area contributed by atoms with Crippen LogP contribution in [0.5, 0.6) is 5.75 Å². The lowest BCUT2D eigenvalue weighted by Gasteiger charge is -2.24. The highest BCUT2D eigenvalue weighted by atomic mass is 19.4. The topological polar surface area (TPSA) is 54.4 Å². The van der Waals surface area contributed by atoms with E-state index >= 15 is 0 Å². The first kappa shape index (κ1) is 26.1. The predicted molar refractivity (Wildman–Crippen MR) is 128 cm³/mol. The minimum atomic E-state index is -4.86. The first-order valence-corrected chi connectivity index (χ1v) is 12.2. The average Bonchev–Trinajstić information content (AvgIpc) is 3.16. The maximum atomic E-state index is 13.7. The minimum absolute atomic E-state index is 0.164. The summed E-state index contributed by atoms with van der Waals surface area (Å²) >= 11 is 0. The summed E-state index contributed by atoms with van der Waals surface area (Å²) in [6.07, 6.45) is -5.63. The molecule has 0 N–H and O–H groups in total. The number of anilines is 2. The van der Waals surface area contributed by atoms with Crippen molar-refractivity contribution in [1.29, 1.82) is 0 Å². The Morgan fingerprint density at radius 3 is 2.53 bits per heavy atom. The van der Waals surface area contributed by atoms with Gasteiger partial charge in [-0.25, -0.2) is 15.0 Å². The molecule has 4 heterocycles. The van der Waals surface area contributed by atoms with Crippen LogP contribution in [0.25, 0.3) is 11.3 Å². The quantitative estimate of drug-likeness (QED) is 0.390. The highest BCUT2D eigenvalue weighted by molar-refractivity contribution is 5.67. The minimum Gasteiger partial charge on any atom is -0.406 e. The van der Waals surface area contributed by atoms with E-state index in [9.17, 15) is 26.3 Å². The van der Waals surface area contributed by atoms with Crippen LogP contribution < -0.4 is 14.5 Å². The van der Waals surface area contributed by atoms with Crippen LogP contribution in [0.1, 0.15) is 36.6 Å². The number of aromatic nitrogens is 3. The Morgan fingerprint density at radius 2 is 1.82 bits per heavy atom. The first-order chi connectivity index (χ1) is 18.0. The number of rotatable bonds is 4. The van der Waals surface area contributed by atoms with E-state index in [1.807, 2.05) is 11.8 Å². The van der Waals surface area contributed by atoms with Gasteiger partial charge in [0, 0.05) is 49.4 Å². The molecule has 2 aromatic heterocycles. The zero-order valence-corrected chi connectivity index (χ0v) is 20.4. The Hall–Kier alpha value is -3.57. The number of ether oxygens (including phenoxy) is 1. The third-order valence-corrected chi connectivity index (χ3v) is 6.79. The van der Waals surface area contributed by atoms with Crippen molar-refractivity contribution in [2.45, 2.75) is 51.2 Å². The SMILES string of the molecule is CC1CCCN1c1nc2c(c(-c3[c]ccc(OC(F)(F)F)c3)n1)CCN(c1ncccc1C(F)(F)F)CC2. The summed E-state index contributed by atoms with van der Waals surface area (Å²) in [7, 11) is 0. The molecule has 1 atom stereocenters. The van der Waals surface area contributed by atoms with Crippen molar-refractivity contribution in [2.24, 2.45) is 0 Å². The Kier molecular flexibility index (Phi) is 6.83. The molecule has 2 aliphatic heterocycles. The molecule has 3 aromatic rings. The van der Waals surface area contributed by atoms with Crippen LogP contribution in [0.3, 0.4) is 0 Å². The van der Waals surface area contributed by atoms with Gasteiger partial charge < -0.3 is 14.5 Å². The Balaban J connectivity index is 1.56. The molecule has 0 saturated carbocycles. The van der Waals surface area contributed by atoms with Crippen molar-refractivity contribution in [3.63, 3.8) is 0 Å². The Morgan fingerprint density at radius 1 is 1.03 bits per heavy atom. The third-order valence-electron chi connectivity index (χ3n) is 6.79. The van der Waals surface area contributed by atoms with Crippen molar-refractivity contribution in [3.05, 3.63) is 59.4 Å². The molecule has 1 aromatic carbocycles. The second-order valence-electron chi connectivity index (χ2n) is 9.33. The summed E-state index contributed by atoms with van der Waals surface area (Å²) in [5.41, 5.74) is 1.17. The van der Waals surface area contributed by atoms with Gasteiger partial charge in [-0.2, -0.15) is 13.2 Å². The summed E-state index contributed by atoms with van der Waals surface area (Å²) in [6.45, 7) is 3.21. The smallest absolute Gasteiger partial charge is 0.406 e. The molecule has 201 valence electrons. The van der Waals surface area contributed by atoms with E-state index < -0.39 is 23.9 Å². The van der Waals surface area contributed by atoms with Gasteiger partial charge in [-0.15, -0.1) is 13.2 Å². The molecule has 1 unspecified atom stereocenters. The van der Waals surface area contributed by atoms with Gasteiger partial charge in [0.05, 0.1) is 17.0 Å². The van der Waals surface area contributed by atoms with E-state index in [0.29, 0.717) is 34.9 Å². The molecule has 2 aliphatic rings. The maximum Gasteiger partial charge on any atom is 0.573 e. The van der Waals surface area contributed by atoms with Gasteiger partial charge in [-0.1, -0.05) is 0 Å². The maximum absolute atomic E-state index is 13.7. The number of nitrogens with zero attached hydrogens (tertiary/aromatic N) is 5. The van der Waals surface area contributed by atoms with Crippen LogP contribution in [0, 0.1) is 6.07 Å². The number of alkyl halides is 6. The summed E-state index contributed by atoms with van der Waals surface area (Å²) < 4.78 is 83.8. The second-order valence-corrected chi connectivity index (χ2v) is 9.33. The van der Waals surface area contributed by atoms with E-state index in [4.69, 9.17) is 9.97 Å². The number of halogens is 6. The van der Waals surface area contributed by atoms with Crippen molar-refractivity contribution >= 4 is 11.8 Å². The van der Waals surface area contributed by atoms with Gasteiger partial charge in [0.25, 0.3) is 0 Å². The molecule has 5 rings (SSSR count). The summed E-state index contributed by atoms with van der Waals surface area (Å²) in [6, 6.07) is 9.08. The van der Waals surface area contributed by atoms with Gasteiger partial charge >= 0.3 is 12.5 Å². The van der Waals surface area contributed by atoms with Crippen molar-refractivity contribution in [3.8, 4) is 17.0 Å². The fraction of sp³-hybridized carbons (Fsp3) is 0.423. The van der Waals surface area contributed by atoms with Gasteiger partial charge in [0.2, 0.25) is 5.95 Å². The largest absolute Gasteiger partial charge is 0.573 e. The van der Waals surface area contributed by atoms with E-state index in [-0.39, 0.29) is 31.4 Å². The molecule has 6 nitrogen and oxygen atoms in total. The fourth-order valence-electron chi connectivity index (χ4n) is 5.03. The van der Waals surface area contributed by atoms with Gasteiger partial charge in [-0.05, 0) is 62.6 Å². The molecule has 0 bridgehead atoms. The van der Waals surface area contributed by atoms with E-state index in [2.05, 4.69) is 15.8 Å². The molecule has 38 heavy (non-hydrogen) atoms. The monoisotopic (exact) mass is 536 g/mol. The standard InChI is InChI=1S/C26H24F6N5O/c1-16-5-4-12-37(16)24-34-21-10-14-36(23-20(25(27,28)29)8-3-11-33-23)13-9-19(21)22(35-24)17-6-2-7-18(15-17)38-26(30,31)32/h2-3,7-8,11,15-16H,4-5,9-10,12-14H2,1H3. The normalized spacial score (nSPS) is 18.3. The van der Waals surface area contributed by atoms with Crippen LogP contribution in [0.4, 0.5) is 38.1 Å². The van der Waals surface area contributed by atoms with Crippen LogP contribution in [-0.2, 0) is 19.0 Å². The summed E-state index contributed by atoms with van der Waals surface area (Å²) in [5.74, 6) is -0.127. The van der Waals surface area contributed by atoms with Crippen LogP contribution in [-0.4, -0.2) is 47.0 Å². The molecular weight excluding hydrogens is 512 g/mol. The van der Waals surface area contributed by atoms with Gasteiger partial charge in [-0.3, -0.25) is 0 Å². The summed E-state index contributed by atoms with van der Waals surface area (Å²) in [5, 5.41) is 0. The molecule has 0 aliphatic carbocycles.